The van der Waals surface area contributed by atoms with Crippen molar-refractivity contribution in [1.29, 1.82) is 0 Å². The summed E-state index contributed by atoms with van der Waals surface area (Å²) in [6.07, 6.45) is 1.63. The SMILES string of the molecule is CCN(Cc1ccco1)C(=O)N1CCOCC1. The van der Waals surface area contributed by atoms with E-state index in [1.54, 1.807) is 11.2 Å². The van der Waals surface area contributed by atoms with E-state index in [1.165, 1.54) is 0 Å². The molecule has 5 heteroatoms. The maximum absolute atomic E-state index is 12.2. The first-order chi connectivity index (χ1) is 8.31. The zero-order valence-corrected chi connectivity index (χ0v) is 10.1. The molecule has 1 saturated heterocycles. The Morgan fingerprint density at radius 1 is 1.47 bits per heavy atom. The van der Waals surface area contributed by atoms with Crippen molar-refractivity contribution in [2.45, 2.75) is 13.5 Å². The summed E-state index contributed by atoms with van der Waals surface area (Å²) in [4.78, 5) is 15.8. The zero-order valence-electron chi connectivity index (χ0n) is 10.1. The molecule has 0 saturated carbocycles. The number of ether oxygens (including phenoxy) is 1. The Balaban J connectivity index is 1.94. The fourth-order valence-corrected chi connectivity index (χ4v) is 1.86. The number of nitrogens with zero attached hydrogens (tertiary/aromatic N) is 2. The van der Waals surface area contributed by atoms with Crippen molar-refractivity contribution in [1.82, 2.24) is 9.80 Å². The molecule has 1 fully saturated rings. The maximum Gasteiger partial charge on any atom is 0.320 e. The summed E-state index contributed by atoms with van der Waals surface area (Å²) in [5.41, 5.74) is 0. The molecule has 0 aromatic carbocycles. The molecule has 0 spiro atoms. The predicted molar refractivity (Wildman–Crippen MR) is 62.6 cm³/mol. The van der Waals surface area contributed by atoms with Gasteiger partial charge in [-0.25, -0.2) is 4.79 Å². The van der Waals surface area contributed by atoms with Gasteiger partial charge < -0.3 is 19.0 Å². The topological polar surface area (TPSA) is 45.9 Å². The Kier molecular flexibility index (Phi) is 4.03. The molecular weight excluding hydrogens is 220 g/mol. The second kappa shape index (κ2) is 5.72. The normalized spacial score (nSPS) is 15.9. The standard InChI is InChI=1S/C12H18N2O3/c1-2-13(10-11-4-3-7-17-11)12(15)14-5-8-16-9-6-14/h3-4,7H,2,5-6,8-10H2,1H3. The van der Waals surface area contributed by atoms with E-state index in [-0.39, 0.29) is 6.03 Å². The number of rotatable bonds is 3. The summed E-state index contributed by atoms with van der Waals surface area (Å²) in [7, 11) is 0. The van der Waals surface area contributed by atoms with Crippen molar-refractivity contribution in [2.75, 3.05) is 32.8 Å². The predicted octanol–water partition coefficient (Wildman–Crippen LogP) is 1.55. The Morgan fingerprint density at radius 3 is 2.82 bits per heavy atom. The van der Waals surface area contributed by atoms with Gasteiger partial charge in [0.2, 0.25) is 0 Å². The first kappa shape index (κ1) is 12.0. The summed E-state index contributed by atoms with van der Waals surface area (Å²) in [6.45, 7) is 5.78. The van der Waals surface area contributed by atoms with Crippen LogP contribution in [-0.4, -0.2) is 48.7 Å². The maximum atomic E-state index is 12.2. The molecule has 1 aromatic rings. The lowest BCUT2D eigenvalue weighted by Gasteiger charge is -2.32. The minimum atomic E-state index is 0.0622. The number of amides is 2. The quantitative estimate of drug-likeness (QED) is 0.802. The van der Waals surface area contributed by atoms with Crippen LogP contribution in [0.3, 0.4) is 0 Å². The van der Waals surface area contributed by atoms with Crippen LogP contribution in [0.4, 0.5) is 4.79 Å². The van der Waals surface area contributed by atoms with Crippen molar-refractivity contribution in [2.24, 2.45) is 0 Å². The molecular formula is C12H18N2O3. The first-order valence-corrected chi connectivity index (χ1v) is 5.95. The van der Waals surface area contributed by atoms with Gasteiger partial charge in [-0.3, -0.25) is 0 Å². The van der Waals surface area contributed by atoms with Gasteiger partial charge in [-0.1, -0.05) is 0 Å². The van der Waals surface area contributed by atoms with Gasteiger partial charge in [0, 0.05) is 19.6 Å². The van der Waals surface area contributed by atoms with E-state index < -0.39 is 0 Å². The second-order valence-electron chi connectivity index (χ2n) is 3.98. The molecule has 2 amide bonds. The van der Waals surface area contributed by atoms with E-state index in [0.717, 1.165) is 5.76 Å². The third kappa shape index (κ3) is 3.00. The highest BCUT2D eigenvalue weighted by atomic mass is 16.5. The van der Waals surface area contributed by atoms with Crippen LogP contribution in [0.5, 0.6) is 0 Å². The molecule has 0 aliphatic carbocycles. The summed E-state index contributed by atoms with van der Waals surface area (Å²) in [5, 5.41) is 0. The average molecular weight is 238 g/mol. The minimum Gasteiger partial charge on any atom is -0.467 e. The number of carbonyl (C=O) groups excluding carboxylic acids is 1. The summed E-state index contributed by atoms with van der Waals surface area (Å²) in [5.74, 6) is 0.813. The van der Waals surface area contributed by atoms with Crippen LogP contribution in [0.25, 0.3) is 0 Å². The fraction of sp³-hybridized carbons (Fsp3) is 0.583. The molecule has 0 unspecified atom stereocenters. The zero-order chi connectivity index (χ0) is 12.1. The van der Waals surface area contributed by atoms with Gasteiger partial charge in [-0.2, -0.15) is 0 Å². The molecule has 5 nitrogen and oxygen atoms in total. The van der Waals surface area contributed by atoms with Crippen LogP contribution in [0.1, 0.15) is 12.7 Å². The Labute approximate surface area is 101 Å². The van der Waals surface area contributed by atoms with Crippen LogP contribution in [0.15, 0.2) is 22.8 Å². The van der Waals surface area contributed by atoms with Crippen LogP contribution in [0.2, 0.25) is 0 Å². The molecule has 1 aliphatic rings. The minimum absolute atomic E-state index is 0.0622. The van der Waals surface area contributed by atoms with E-state index in [1.807, 2.05) is 24.0 Å². The summed E-state index contributed by atoms with van der Waals surface area (Å²) >= 11 is 0. The number of furan rings is 1. The molecule has 0 radical (unpaired) electrons. The molecule has 0 bridgehead atoms. The Bertz CT molecular complexity index is 345. The van der Waals surface area contributed by atoms with Crippen molar-refractivity contribution in [3.8, 4) is 0 Å². The molecule has 94 valence electrons. The number of morpholine rings is 1. The molecule has 0 N–H and O–H groups in total. The number of carbonyl (C=O) groups is 1. The Morgan fingerprint density at radius 2 is 2.24 bits per heavy atom. The lowest BCUT2D eigenvalue weighted by Crippen LogP contribution is -2.47. The van der Waals surface area contributed by atoms with Crippen molar-refractivity contribution in [3.05, 3.63) is 24.2 Å². The van der Waals surface area contributed by atoms with Crippen LogP contribution in [0, 0.1) is 0 Å². The van der Waals surface area contributed by atoms with E-state index >= 15 is 0 Å². The third-order valence-corrected chi connectivity index (χ3v) is 2.86. The largest absolute Gasteiger partial charge is 0.467 e. The highest BCUT2D eigenvalue weighted by molar-refractivity contribution is 5.74. The van der Waals surface area contributed by atoms with E-state index in [0.29, 0.717) is 39.4 Å². The molecule has 2 heterocycles. The molecule has 1 aromatic heterocycles. The number of hydrogen-bond donors (Lipinski definition) is 0. The van der Waals surface area contributed by atoms with Crippen LogP contribution in [-0.2, 0) is 11.3 Å². The fourth-order valence-electron chi connectivity index (χ4n) is 1.86. The van der Waals surface area contributed by atoms with Crippen LogP contribution < -0.4 is 0 Å². The van der Waals surface area contributed by atoms with Gasteiger partial charge in [0.1, 0.15) is 5.76 Å². The summed E-state index contributed by atoms with van der Waals surface area (Å²) < 4.78 is 10.5. The smallest absolute Gasteiger partial charge is 0.320 e. The van der Waals surface area contributed by atoms with Gasteiger partial charge in [-0.15, -0.1) is 0 Å². The van der Waals surface area contributed by atoms with Crippen molar-refractivity contribution >= 4 is 6.03 Å². The lowest BCUT2D eigenvalue weighted by molar-refractivity contribution is 0.0425. The van der Waals surface area contributed by atoms with Crippen LogP contribution >= 0.6 is 0 Å². The van der Waals surface area contributed by atoms with Gasteiger partial charge in [-0.05, 0) is 19.1 Å². The lowest BCUT2D eigenvalue weighted by atomic mass is 10.4. The van der Waals surface area contributed by atoms with Gasteiger partial charge in [0.15, 0.2) is 0 Å². The third-order valence-electron chi connectivity index (χ3n) is 2.86. The monoisotopic (exact) mass is 238 g/mol. The van der Waals surface area contributed by atoms with Crippen molar-refractivity contribution in [3.63, 3.8) is 0 Å². The van der Waals surface area contributed by atoms with Crippen molar-refractivity contribution < 1.29 is 13.9 Å². The number of urea groups is 1. The van der Waals surface area contributed by atoms with E-state index in [9.17, 15) is 4.79 Å². The first-order valence-electron chi connectivity index (χ1n) is 5.95. The van der Waals surface area contributed by atoms with E-state index in [4.69, 9.17) is 9.15 Å². The average Bonchev–Trinajstić information content (AvgIpc) is 2.89. The second-order valence-corrected chi connectivity index (χ2v) is 3.98. The van der Waals surface area contributed by atoms with Gasteiger partial charge in [0.05, 0.1) is 26.0 Å². The molecule has 0 atom stereocenters. The van der Waals surface area contributed by atoms with Gasteiger partial charge >= 0.3 is 6.03 Å². The number of hydrogen-bond acceptors (Lipinski definition) is 3. The molecule has 17 heavy (non-hydrogen) atoms. The highest BCUT2D eigenvalue weighted by Crippen LogP contribution is 2.09. The molecule has 2 rings (SSSR count). The summed E-state index contributed by atoms with van der Waals surface area (Å²) in [6, 6.07) is 3.78. The van der Waals surface area contributed by atoms with E-state index in [2.05, 4.69) is 0 Å². The van der Waals surface area contributed by atoms with Gasteiger partial charge in [0.25, 0.3) is 0 Å². The molecule has 1 aliphatic heterocycles. The highest BCUT2D eigenvalue weighted by Gasteiger charge is 2.22. The Hall–Kier alpha value is -1.49.